The Bertz CT molecular complexity index is 158. The molecule has 2 rings (SSSR count). The number of rotatable bonds is 0. The fraction of sp³-hybridized carbons (Fsp3) is 1.00. The molecule has 2 unspecified atom stereocenters. The number of quaternary nitrogens is 1. The van der Waals surface area contributed by atoms with E-state index in [0.29, 0.717) is 0 Å². The van der Waals surface area contributed by atoms with Crippen molar-refractivity contribution >= 4 is 0 Å². The summed E-state index contributed by atoms with van der Waals surface area (Å²) in [5.74, 6) is 1.95. The zero-order chi connectivity index (χ0) is 9.31. The lowest BCUT2D eigenvalue weighted by Crippen LogP contribution is -2.58. The molecule has 0 aliphatic carbocycles. The van der Waals surface area contributed by atoms with Gasteiger partial charge in [-0.15, -0.1) is 0 Å². The summed E-state index contributed by atoms with van der Waals surface area (Å²) in [6, 6.07) is 0. The molecule has 1 spiro atoms. The van der Waals surface area contributed by atoms with Gasteiger partial charge in [-0.05, 0) is 25.7 Å². The van der Waals surface area contributed by atoms with Crippen molar-refractivity contribution in [3.8, 4) is 0 Å². The van der Waals surface area contributed by atoms with Crippen molar-refractivity contribution in [3.63, 3.8) is 0 Å². The first-order chi connectivity index (χ1) is 6.20. The Morgan fingerprint density at radius 3 is 1.92 bits per heavy atom. The lowest BCUT2D eigenvalue weighted by molar-refractivity contribution is -0.943. The second kappa shape index (κ2) is 3.61. The zero-order valence-corrected chi connectivity index (χ0v) is 9.26. The van der Waals surface area contributed by atoms with Crippen LogP contribution in [0.25, 0.3) is 0 Å². The molecule has 2 saturated heterocycles. The highest BCUT2D eigenvalue weighted by atomic mass is 15.4. The average molecular weight is 182 g/mol. The van der Waals surface area contributed by atoms with Crippen LogP contribution in [0.3, 0.4) is 0 Å². The first-order valence-corrected chi connectivity index (χ1v) is 6.05. The molecule has 2 atom stereocenters. The lowest BCUT2D eigenvalue weighted by Gasteiger charge is -2.48. The van der Waals surface area contributed by atoms with E-state index in [4.69, 9.17) is 0 Å². The fourth-order valence-corrected chi connectivity index (χ4v) is 3.78. The summed E-state index contributed by atoms with van der Waals surface area (Å²) in [6.45, 7) is 10.8. The summed E-state index contributed by atoms with van der Waals surface area (Å²) in [7, 11) is 0. The summed E-state index contributed by atoms with van der Waals surface area (Å²) in [6.07, 6.45) is 5.93. The van der Waals surface area contributed by atoms with Crippen molar-refractivity contribution in [2.75, 3.05) is 26.2 Å². The molecule has 0 N–H and O–H groups in total. The highest BCUT2D eigenvalue weighted by Gasteiger charge is 2.37. The maximum absolute atomic E-state index is 2.45. The molecular weight excluding hydrogens is 158 g/mol. The van der Waals surface area contributed by atoms with Gasteiger partial charge in [0.1, 0.15) is 0 Å². The minimum absolute atomic E-state index is 0.974. The second-order valence-corrected chi connectivity index (χ2v) is 5.66. The van der Waals surface area contributed by atoms with Gasteiger partial charge in [-0.2, -0.15) is 0 Å². The maximum atomic E-state index is 2.45. The third-order valence-electron chi connectivity index (χ3n) is 3.97. The number of piperidine rings is 2. The van der Waals surface area contributed by atoms with E-state index < -0.39 is 0 Å². The zero-order valence-electron chi connectivity index (χ0n) is 9.26. The molecule has 0 aromatic carbocycles. The van der Waals surface area contributed by atoms with Crippen molar-refractivity contribution in [2.24, 2.45) is 11.8 Å². The van der Waals surface area contributed by atoms with Crippen LogP contribution in [0.1, 0.15) is 39.5 Å². The van der Waals surface area contributed by atoms with Gasteiger partial charge in [-0.25, -0.2) is 0 Å². The van der Waals surface area contributed by atoms with Gasteiger partial charge in [0.25, 0.3) is 0 Å². The van der Waals surface area contributed by atoms with Gasteiger partial charge in [0.05, 0.1) is 26.2 Å². The van der Waals surface area contributed by atoms with E-state index in [9.17, 15) is 0 Å². The molecule has 1 nitrogen and oxygen atoms in total. The van der Waals surface area contributed by atoms with Gasteiger partial charge in [0.15, 0.2) is 0 Å². The van der Waals surface area contributed by atoms with Crippen LogP contribution in [0.2, 0.25) is 0 Å². The van der Waals surface area contributed by atoms with Crippen molar-refractivity contribution in [1.82, 2.24) is 0 Å². The first kappa shape index (κ1) is 9.51. The Balaban J connectivity index is 2.02. The average Bonchev–Trinajstić information content (AvgIpc) is 2.02. The van der Waals surface area contributed by atoms with Crippen LogP contribution in [0, 0.1) is 11.8 Å². The van der Waals surface area contributed by atoms with Crippen LogP contribution in [-0.2, 0) is 0 Å². The smallest absolute Gasteiger partial charge is 0.0812 e. The Labute approximate surface area is 82.7 Å². The standard InChI is InChI=1S/C12H24N/c1-11-8-12(2)10-13(9-11)6-4-3-5-7-13/h11-12H,3-10H2,1-2H3/q+1. The Hall–Kier alpha value is -0.0400. The van der Waals surface area contributed by atoms with E-state index in [1.165, 1.54) is 56.3 Å². The highest BCUT2D eigenvalue weighted by molar-refractivity contribution is 4.68. The van der Waals surface area contributed by atoms with E-state index in [-0.39, 0.29) is 0 Å². The summed E-state index contributed by atoms with van der Waals surface area (Å²) >= 11 is 0. The van der Waals surface area contributed by atoms with E-state index in [0.717, 1.165) is 11.8 Å². The molecule has 76 valence electrons. The molecular formula is C12H24N+. The summed E-state index contributed by atoms with van der Waals surface area (Å²) in [4.78, 5) is 0. The van der Waals surface area contributed by atoms with Crippen molar-refractivity contribution in [3.05, 3.63) is 0 Å². The van der Waals surface area contributed by atoms with Crippen LogP contribution in [0.15, 0.2) is 0 Å². The predicted molar refractivity (Wildman–Crippen MR) is 56.5 cm³/mol. The molecule has 13 heavy (non-hydrogen) atoms. The molecule has 0 aromatic rings. The molecule has 0 aromatic heterocycles. The number of nitrogens with zero attached hydrogens (tertiary/aromatic N) is 1. The van der Waals surface area contributed by atoms with Crippen molar-refractivity contribution < 1.29 is 4.48 Å². The van der Waals surface area contributed by atoms with Gasteiger partial charge in [-0.1, -0.05) is 13.8 Å². The third-order valence-corrected chi connectivity index (χ3v) is 3.97. The number of hydrogen-bond donors (Lipinski definition) is 0. The molecule has 0 saturated carbocycles. The molecule has 2 aliphatic heterocycles. The van der Waals surface area contributed by atoms with Crippen LogP contribution in [0.4, 0.5) is 0 Å². The SMILES string of the molecule is CC1CC(C)C[N+]2(CCCCC2)C1. The van der Waals surface area contributed by atoms with Gasteiger partial charge in [0.2, 0.25) is 0 Å². The van der Waals surface area contributed by atoms with E-state index >= 15 is 0 Å². The molecule has 0 radical (unpaired) electrons. The predicted octanol–water partition coefficient (Wildman–Crippen LogP) is 2.66. The third kappa shape index (κ3) is 2.07. The Morgan fingerprint density at radius 2 is 1.38 bits per heavy atom. The minimum atomic E-state index is 0.974. The van der Waals surface area contributed by atoms with Crippen LogP contribution in [-0.4, -0.2) is 30.7 Å². The van der Waals surface area contributed by atoms with Crippen molar-refractivity contribution in [1.29, 1.82) is 0 Å². The Morgan fingerprint density at radius 1 is 0.846 bits per heavy atom. The maximum Gasteiger partial charge on any atom is 0.0812 e. The van der Waals surface area contributed by atoms with Crippen LogP contribution < -0.4 is 0 Å². The van der Waals surface area contributed by atoms with Crippen LogP contribution in [0.5, 0.6) is 0 Å². The largest absolute Gasteiger partial charge is 0.323 e. The van der Waals surface area contributed by atoms with Crippen LogP contribution >= 0.6 is 0 Å². The monoisotopic (exact) mass is 182 g/mol. The van der Waals surface area contributed by atoms with Gasteiger partial charge < -0.3 is 4.48 Å². The van der Waals surface area contributed by atoms with Crippen molar-refractivity contribution in [2.45, 2.75) is 39.5 Å². The van der Waals surface area contributed by atoms with E-state index in [1.807, 2.05) is 0 Å². The molecule has 2 heterocycles. The fourth-order valence-electron chi connectivity index (χ4n) is 3.78. The molecule has 2 fully saturated rings. The van der Waals surface area contributed by atoms with E-state index in [2.05, 4.69) is 13.8 Å². The van der Waals surface area contributed by atoms with Gasteiger partial charge in [-0.3, -0.25) is 0 Å². The topological polar surface area (TPSA) is 0 Å². The second-order valence-electron chi connectivity index (χ2n) is 5.66. The van der Waals surface area contributed by atoms with Gasteiger partial charge >= 0.3 is 0 Å². The minimum Gasteiger partial charge on any atom is -0.323 e. The highest BCUT2D eigenvalue weighted by Crippen LogP contribution is 2.30. The normalized spacial score (nSPS) is 39.2. The molecule has 1 heteroatoms. The molecule has 0 amide bonds. The summed E-state index contributed by atoms with van der Waals surface area (Å²) in [5, 5.41) is 0. The van der Waals surface area contributed by atoms with Gasteiger partial charge in [0, 0.05) is 11.8 Å². The number of hydrogen-bond acceptors (Lipinski definition) is 0. The van der Waals surface area contributed by atoms with E-state index in [1.54, 1.807) is 0 Å². The lowest BCUT2D eigenvalue weighted by atomic mass is 9.88. The molecule has 0 bridgehead atoms. The first-order valence-electron chi connectivity index (χ1n) is 6.05. The summed E-state index contributed by atoms with van der Waals surface area (Å²) in [5.41, 5.74) is 0. The Kier molecular flexibility index (Phi) is 2.64. The quantitative estimate of drug-likeness (QED) is 0.505. The molecule has 2 aliphatic rings. The summed E-state index contributed by atoms with van der Waals surface area (Å²) < 4.78 is 1.47.